The van der Waals surface area contributed by atoms with Gasteiger partial charge in [0.2, 0.25) is 88.8 Å². The second-order valence-corrected chi connectivity index (χ2v) is 36.3. The second kappa shape index (κ2) is 35.0. The van der Waals surface area contributed by atoms with Gasteiger partial charge >= 0.3 is 35.8 Å². The van der Waals surface area contributed by atoms with Crippen molar-refractivity contribution >= 4 is 35.8 Å². The Balaban J connectivity index is 0.874. The molecule has 11 aromatic rings. The lowest BCUT2D eigenvalue weighted by molar-refractivity contribution is 0.0554. The largest absolute Gasteiger partial charge is 0.482 e. The normalized spacial score (nSPS) is 19.6. The highest BCUT2D eigenvalue weighted by atomic mass is 16.7. The van der Waals surface area contributed by atoms with Gasteiger partial charge in [0.1, 0.15) is 62.6 Å². The van der Waals surface area contributed by atoms with Crippen molar-refractivity contribution in [3.63, 3.8) is 0 Å². The number of benzene rings is 11. The van der Waals surface area contributed by atoms with Gasteiger partial charge in [0.05, 0.1) is 76.0 Å². The predicted molar refractivity (Wildman–Crippen MR) is 494 cm³/mol. The third kappa shape index (κ3) is 14.3. The predicted octanol–water partition coefficient (Wildman–Crippen LogP) is 18.2. The fraction of sp³-hybridized carbons (Fsp3) is 0.333. The highest BCUT2D eigenvalue weighted by Crippen LogP contribution is 2.64. The van der Waals surface area contributed by atoms with Crippen molar-refractivity contribution in [2.24, 2.45) is 0 Å². The molecule has 0 fully saturated rings. The van der Waals surface area contributed by atoms with Crippen LogP contribution >= 0.6 is 0 Å². The van der Waals surface area contributed by atoms with E-state index in [-0.39, 0.29) is 170 Å². The zero-order valence-corrected chi connectivity index (χ0v) is 79.6. The minimum absolute atomic E-state index is 0.0132. The fourth-order valence-corrected chi connectivity index (χ4v) is 21.4. The molecule has 730 valence electrons. The van der Waals surface area contributed by atoms with Crippen molar-refractivity contribution in [3.8, 4) is 126 Å². The van der Waals surface area contributed by atoms with Gasteiger partial charge in [-0.05, 0) is 118 Å². The summed E-state index contributed by atoms with van der Waals surface area (Å²) in [6, 6.07) is 28.7. The van der Waals surface area contributed by atoms with Gasteiger partial charge in [-0.2, -0.15) is 0 Å². The highest BCUT2D eigenvalue weighted by molar-refractivity contribution is 6.05. The van der Waals surface area contributed by atoms with E-state index < -0.39 is 177 Å². The van der Waals surface area contributed by atoms with Crippen molar-refractivity contribution in [1.82, 2.24) is 0 Å². The van der Waals surface area contributed by atoms with Gasteiger partial charge in [-0.3, -0.25) is 0 Å². The van der Waals surface area contributed by atoms with Crippen molar-refractivity contribution < 1.29 is 161 Å². The number of hydrogen-bond acceptors (Lipinski definition) is 34. The summed E-state index contributed by atoms with van der Waals surface area (Å²) >= 11 is 0. The third-order valence-corrected chi connectivity index (χ3v) is 29.2. The molecule has 8 atom stereocenters. The van der Waals surface area contributed by atoms with Gasteiger partial charge in [-0.25, -0.2) is 28.8 Å². The first-order valence-electron chi connectivity index (χ1n) is 46.3. The van der Waals surface area contributed by atoms with Crippen LogP contribution in [-0.4, -0.2) is 133 Å². The average Bonchev–Trinajstić information content (AvgIpc) is 0.725. The van der Waals surface area contributed by atoms with Crippen LogP contribution in [0.25, 0.3) is 0 Å². The lowest BCUT2D eigenvalue weighted by atomic mass is 9.80. The monoisotopic (exact) mass is 1930 g/mol. The van der Waals surface area contributed by atoms with E-state index in [1.54, 1.807) is 0 Å². The van der Waals surface area contributed by atoms with E-state index in [1.165, 1.54) is 79.1 Å². The van der Waals surface area contributed by atoms with Crippen LogP contribution in [0.4, 0.5) is 0 Å². The molecule has 0 aromatic heterocycles. The van der Waals surface area contributed by atoms with E-state index in [2.05, 4.69) is 0 Å². The minimum atomic E-state index is -0.901. The zero-order valence-electron chi connectivity index (χ0n) is 79.6. The molecule has 142 heavy (non-hydrogen) atoms. The van der Waals surface area contributed by atoms with Gasteiger partial charge in [0.25, 0.3) is 0 Å². The number of rotatable bonds is 6. The molecule has 0 spiro atoms. The molecule has 22 bridgehead atoms. The standard InChI is InChI=1S/C108H94O34/c1-45-59-21-60-46(2)64-24-68-50(6)72-27-71-49(5)67-23-63(45)85-97-89(67)135-41-139-93(71)101-94(72)140-42-136-90(68)98(86(64)132-38-128-82(60)29-81(59)127-37-131-85)122-33-55-17-77(105(111)117-11)78(106(112)118-12)18-56(55)34-124-100-88-66-26-70-52(8)74-28-73-51(7)69-25-65-47(3)61-22-62(48(66)4)84(130-40-134-88)30-83(61)129-39-133-87(65)99(123-32-54-16-76(104(110)116-10)75(103(109)115-9)15-53(54)31-121-97)91(69)137-43-141-95(73)102(96(74)142-44-138-92(70)100)126-36-58-20-80(108(114)120-14)79(107(113)119-13)19-57(58)35-125-101/h15-30,45-52H,31-44H2,1-14H3. The van der Waals surface area contributed by atoms with Gasteiger partial charge < -0.3 is 133 Å². The van der Waals surface area contributed by atoms with Crippen LogP contribution in [-0.2, 0) is 68.1 Å². The summed E-state index contributed by atoms with van der Waals surface area (Å²) in [6.07, 6.45) is 0. The molecule has 12 aliphatic heterocycles. The Bertz CT molecular complexity index is 6500. The maximum atomic E-state index is 14.6. The van der Waals surface area contributed by atoms with Crippen molar-refractivity contribution in [2.75, 3.05) is 97.0 Å². The molecule has 0 saturated carbocycles. The third-order valence-electron chi connectivity index (χ3n) is 29.2. The number of carbonyl (C=O) groups is 6. The number of carbonyl (C=O) groups excluding carboxylic acids is 6. The molecular formula is C108H94O34. The minimum Gasteiger partial charge on any atom is -0.482 e. The summed E-state index contributed by atoms with van der Waals surface area (Å²) < 4.78 is 190. The molecule has 11 aromatic carbocycles. The average molecular weight is 1940 g/mol. The molecule has 0 saturated heterocycles. The summed E-state index contributed by atoms with van der Waals surface area (Å²) in [6.45, 7) is 9.25. The van der Waals surface area contributed by atoms with E-state index in [0.717, 1.165) is 0 Å². The fourth-order valence-electron chi connectivity index (χ4n) is 21.4. The quantitative estimate of drug-likeness (QED) is 0.110. The number of ether oxygens (including phenoxy) is 28. The van der Waals surface area contributed by atoms with E-state index >= 15 is 0 Å². The maximum Gasteiger partial charge on any atom is 0.338 e. The van der Waals surface area contributed by atoms with Crippen LogP contribution in [0.5, 0.6) is 126 Å². The molecule has 8 unspecified atom stereocenters. The molecule has 34 nitrogen and oxygen atoms in total. The molecule has 12 heterocycles. The van der Waals surface area contributed by atoms with Crippen LogP contribution in [0.1, 0.15) is 287 Å². The van der Waals surface area contributed by atoms with Crippen LogP contribution in [0.2, 0.25) is 0 Å². The molecule has 0 N–H and O–H groups in total. The highest BCUT2D eigenvalue weighted by Gasteiger charge is 2.46. The molecule has 0 radical (unpaired) electrons. The van der Waals surface area contributed by atoms with Crippen molar-refractivity contribution in [3.05, 3.63) is 253 Å². The van der Waals surface area contributed by atoms with Crippen LogP contribution < -0.4 is 104 Å². The molecule has 23 rings (SSSR count). The van der Waals surface area contributed by atoms with E-state index in [1.807, 2.05) is 116 Å². The molecular weight excluding hydrogens is 1840 g/mol. The van der Waals surface area contributed by atoms with E-state index in [4.69, 9.17) is 133 Å². The lowest BCUT2D eigenvalue weighted by Gasteiger charge is -2.35. The number of hydrogen-bond donors (Lipinski definition) is 0. The van der Waals surface area contributed by atoms with Crippen molar-refractivity contribution in [2.45, 2.75) is 142 Å². The van der Waals surface area contributed by atoms with Gasteiger partial charge in [-0.1, -0.05) is 55.4 Å². The summed E-state index contributed by atoms with van der Waals surface area (Å²) in [7, 11) is 7.20. The van der Waals surface area contributed by atoms with Crippen LogP contribution in [0.15, 0.2) is 97.1 Å². The smallest absolute Gasteiger partial charge is 0.338 e. The molecule has 34 heteroatoms. The van der Waals surface area contributed by atoms with E-state index in [0.29, 0.717) is 112 Å². The SMILES string of the molecule is COC(=O)c1cc2c(cc1C(=O)OC)COc1c3c4cc5c1OCOc1c(cc6c7c1OCc1cc(C(=O)OC)c(C(=O)OC)cc1COc1c8c9cc%10c1OCOc1c(cc%11c(c1OCc1cc(C(=O)OC)c(C(=O)OC)cc1COc1c%12c(cc(c1OCO7)C6C)C(C)c1cc(c(cc1OCO%12)OCO3)C4C)OCOc1cc3c(cc1C%11C)C(C)c1cc(c(c(c1OCO3)OC2)OCO8)C9C)C%10C)C5C. The Hall–Kier alpha value is -16.2. The molecule has 0 aliphatic carbocycles. The lowest BCUT2D eigenvalue weighted by Crippen LogP contribution is -2.23. The first kappa shape index (κ1) is 89.7. The first-order valence-corrected chi connectivity index (χ1v) is 46.3. The first-order chi connectivity index (χ1) is 68.9. The van der Waals surface area contributed by atoms with Gasteiger partial charge in [0, 0.05) is 148 Å². The summed E-state index contributed by atoms with van der Waals surface area (Å²) in [5, 5.41) is 0. The summed E-state index contributed by atoms with van der Waals surface area (Å²) in [5.41, 5.74) is 9.74. The molecule has 12 aliphatic rings. The second-order valence-electron chi connectivity index (χ2n) is 36.3. The number of fused-ring (bicyclic) bond motifs is 16. The number of esters is 6. The Morgan fingerprint density at radius 3 is 0.437 bits per heavy atom. The Morgan fingerprint density at radius 2 is 0.296 bits per heavy atom. The van der Waals surface area contributed by atoms with Gasteiger partial charge in [-0.15, -0.1) is 0 Å². The van der Waals surface area contributed by atoms with Crippen LogP contribution in [0, 0.1) is 0 Å². The van der Waals surface area contributed by atoms with Gasteiger partial charge in [0.15, 0.2) is 69.0 Å². The number of methoxy groups -OCH3 is 6. The zero-order chi connectivity index (χ0) is 98.0. The summed E-state index contributed by atoms with van der Waals surface area (Å²) in [5.74, 6) is -7.75. The van der Waals surface area contributed by atoms with E-state index in [9.17, 15) is 28.8 Å². The molecule has 0 amide bonds. The van der Waals surface area contributed by atoms with Crippen LogP contribution in [0.3, 0.4) is 0 Å². The Morgan fingerprint density at radius 1 is 0.169 bits per heavy atom. The summed E-state index contributed by atoms with van der Waals surface area (Å²) in [4.78, 5) is 87.5. The topological polar surface area (TPSA) is 361 Å². The Kier molecular flexibility index (Phi) is 22.1. The van der Waals surface area contributed by atoms with Crippen molar-refractivity contribution in [1.29, 1.82) is 0 Å². The Labute approximate surface area is 811 Å². The maximum absolute atomic E-state index is 14.6.